The monoisotopic (exact) mass is 580 g/mol. The van der Waals surface area contributed by atoms with E-state index in [0.717, 1.165) is 5.56 Å². The van der Waals surface area contributed by atoms with E-state index in [4.69, 9.17) is 14.2 Å². The Balaban J connectivity index is 1.72. The van der Waals surface area contributed by atoms with Crippen LogP contribution in [0.25, 0.3) is 6.08 Å². The number of rotatable bonds is 5. The second kappa shape index (κ2) is 9.88. The number of carbonyl (C=O) groups excluding carboxylic acids is 4. The lowest BCUT2D eigenvalue weighted by molar-refractivity contribution is -0.203. The Morgan fingerprint density at radius 2 is 1.57 bits per heavy atom. The highest BCUT2D eigenvalue weighted by Gasteiger charge is 2.93. The van der Waals surface area contributed by atoms with E-state index in [1.807, 2.05) is 44.2 Å². The average Bonchev–Trinajstić information content (AvgIpc) is 3.15. The number of esters is 3. The highest BCUT2D eigenvalue weighted by molar-refractivity contribution is 5.88. The Bertz CT molecular complexity index is 1360. The second-order valence-electron chi connectivity index (χ2n) is 13.1. The molecule has 1 aromatic rings. The normalized spacial score (nSPS) is 41.7. The van der Waals surface area contributed by atoms with Gasteiger partial charge in [0.1, 0.15) is 30.2 Å². The van der Waals surface area contributed by atoms with E-state index < -0.39 is 81.9 Å². The number of hydrogen-bond acceptors (Lipinski definition) is 9. The molecule has 2 N–H and O–H groups in total. The lowest BCUT2D eigenvalue weighted by Gasteiger charge is -2.61. The van der Waals surface area contributed by atoms with Crippen molar-refractivity contribution in [1.29, 1.82) is 0 Å². The first-order valence-electron chi connectivity index (χ1n) is 14.5. The molecule has 0 aliphatic heterocycles. The van der Waals surface area contributed by atoms with E-state index in [0.29, 0.717) is 5.57 Å². The maximum absolute atomic E-state index is 13.7. The third-order valence-corrected chi connectivity index (χ3v) is 11.3. The summed E-state index contributed by atoms with van der Waals surface area (Å²) in [5.41, 5.74) is -4.09. The van der Waals surface area contributed by atoms with Crippen LogP contribution in [0.5, 0.6) is 0 Å². The number of Topliss-reactive ketones (excluding diaryl/α,β-unsaturated/α-hetero) is 1. The molecule has 42 heavy (non-hydrogen) atoms. The van der Waals surface area contributed by atoms with Gasteiger partial charge in [-0.1, -0.05) is 64.6 Å². The molecule has 0 aromatic heterocycles. The second-order valence-corrected chi connectivity index (χ2v) is 13.1. The minimum absolute atomic E-state index is 0.0855. The molecule has 0 unspecified atom stereocenters. The highest BCUT2D eigenvalue weighted by Crippen LogP contribution is 2.86. The summed E-state index contributed by atoms with van der Waals surface area (Å²) in [6.45, 7) is 14.2. The number of carbonyl (C=O) groups is 4. The third-order valence-electron chi connectivity index (χ3n) is 11.3. The van der Waals surface area contributed by atoms with Crippen molar-refractivity contribution >= 4 is 29.8 Å². The van der Waals surface area contributed by atoms with E-state index in [1.165, 1.54) is 19.9 Å². The van der Waals surface area contributed by atoms with Crippen LogP contribution in [0.1, 0.15) is 59.9 Å². The summed E-state index contributed by atoms with van der Waals surface area (Å²) >= 11 is 0. The summed E-state index contributed by atoms with van der Waals surface area (Å²) in [5, 5.41) is 24.0. The number of aliphatic hydroxyl groups excluding tert-OH is 2. The molecule has 4 aliphatic carbocycles. The van der Waals surface area contributed by atoms with E-state index in [-0.39, 0.29) is 18.6 Å². The highest BCUT2D eigenvalue weighted by atomic mass is 16.6. The van der Waals surface area contributed by atoms with Crippen LogP contribution < -0.4 is 0 Å². The molecule has 4 saturated carbocycles. The van der Waals surface area contributed by atoms with Crippen molar-refractivity contribution in [1.82, 2.24) is 0 Å². The molecule has 0 heterocycles. The lowest BCUT2D eigenvalue weighted by atomic mass is 9.42. The minimum atomic E-state index is -1.50. The zero-order valence-corrected chi connectivity index (χ0v) is 25.0. The van der Waals surface area contributed by atoms with Gasteiger partial charge >= 0.3 is 17.9 Å². The molecule has 9 heteroatoms. The third kappa shape index (κ3) is 3.56. The van der Waals surface area contributed by atoms with Crippen LogP contribution >= 0.6 is 0 Å². The van der Waals surface area contributed by atoms with Crippen molar-refractivity contribution in [3.8, 4) is 0 Å². The molecule has 10 atom stereocenters. The summed E-state index contributed by atoms with van der Waals surface area (Å²) in [5.74, 6) is -3.40. The standard InChI is InChI=1S/C33H40O9/c1-17-23(36)15-22-28(40-19(3)34)33-18(2)24(42-26(38)14-13-21-11-9-8-10-12-21)16-25(37)31(33,7)27(39)29(41-20(4)35)32(17,33)30(22,5)6/h8-14,17,22,24-25,27-29,37,39H,2,15-16H2,1,3-7H3/t17-,22+,24-,25-,27-,28+,29-,31-,32+,33+/m0/s1. The smallest absolute Gasteiger partial charge is 0.331 e. The maximum Gasteiger partial charge on any atom is 0.331 e. The molecule has 5 rings (SSSR count). The van der Waals surface area contributed by atoms with Gasteiger partial charge in [0.05, 0.1) is 11.5 Å². The molecule has 1 aromatic carbocycles. The van der Waals surface area contributed by atoms with Gasteiger partial charge < -0.3 is 24.4 Å². The molecule has 0 amide bonds. The van der Waals surface area contributed by atoms with E-state index in [2.05, 4.69) is 6.58 Å². The summed E-state index contributed by atoms with van der Waals surface area (Å²) in [6.07, 6.45) is -3.18. The van der Waals surface area contributed by atoms with Crippen molar-refractivity contribution in [3.05, 3.63) is 54.1 Å². The van der Waals surface area contributed by atoms with Crippen molar-refractivity contribution in [2.45, 2.75) is 84.9 Å². The Kier molecular flexibility index (Phi) is 7.09. The van der Waals surface area contributed by atoms with Gasteiger partial charge in [0.25, 0.3) is 0 Å². The molecule has 2 spiro atoms. The summed E-state index contributed by atoms with van der Waals surface area (Å²) in [6, 6.07) is 9.20. The predicted molar refractivity (Wildman–Crippen MR) is 151 cm³/mol. The number of aliphatic hydroxyl groups is 2. The lowest BCUT2D eigenvalue weighted by Crippen LogP contribution is -2.66. The largest absolute Gasteiger partial charge is 0.461 e. The fraction of sp³-hybridized carbons (Fsp3) is 0.576. The summed E-state index contributed by atoms with van der Waals surface area (Å²) in [4.78, 5) is 52.1. The fourth-order valence-electron chi connectivity index (χ4n) is 9.84. The molecule has 9 nitrogen and oxygen atoms in total. The van der Waals surface area contributed by atoms with Crippen LogP contribution in [0, 0.1) is 33.5 Å². The number of ketones is 1. The molecule has 2 bridgehead atoms. The number of fused-ring (bicyclic) bond motifs is 1. The van der Waals surface area contributed by atoms with Gasteiger partial charge in [-0.2, -0.15) is 0 Å². The van der Waals surface area contributed by atoms with E-state index in [9.17, 15) is 29.4 Å². The van der Waals surface area contributed by atoms with E-state index in [1.54, 1.807) is 19.9 Å². The molecule has 0 radical (unpaired) electrons. The van der Waals surface area contributed by atoms with Gasteiger partial charge in [-0.3, -0.25) is 14.4 Å². The number of ether oxygens (including phenoxy) is 3. The fourth-order valence-corrected chi connectivity index (χ4v) is 9.84. The predicted octanol–water partition coefficient (Wildman–Crippen LogP) is 3.41. The van der Waals surface area contributed by atoms with Crippen LogP contribution in [-0.2, 0) is 33.4 Å². The molecule has 4 aliphatic rings. The Hall–Kier alpha value is -3.30. The molecule has 4 fully saturated rings. The Labute approximate surface area is 245 Å². The van der Waals surface area contributed by atoms with Gasteiger partial charge in [0.15, 0.2) is 0 Å². The van der Waals surface area contributed by atoms with E-state index >= 15 is 0 Å². The first-order chi connectivity index (χ1) is 19.6. The van der Waals surface area contributed by atoms with Crippen LogP contribution in [-0.4, -0.2) is 64.4 Å². The molecule has 226 valence electrons. The average molecular weight is 581 g/mol. The van der Waals surface area contributed by atoms with Crippen molar-refractivity contribution in [2.75, 3.05) is 0 Å². The summed E-state index contributed by atoms with van der Waals surface area (Å²) in [7, 11) is 0. The maximum atomic E-state index is 13.7. The van der Waals surface area contributed by atoms with Crippen molar-refractivity contribution in [2.24, 2.45) is 33.5 Å². The van der Waals surface area contributed by atoms with Gasteiger partial charge in [0.2, 0.25) is 0 Å². The van der Waals surface area contributed by atoms with Gasteiger partial charge in [0, 0.05) is 55.4 Å². The topological polar surface area (TPSA) is 136 Å². The van der Waals surface area contributed by atoms with Crippen LogP contribution in [0.4, 0.5) is 0 Å². The van der Waals surface area contributed by atoms with Crippen LogP contribution in [0.3, 0.4) is 0 Å². The minimum Gasteiger partial charge on any atom is -0.461 e. The van der Waals surface area contributed by atoms with Crippen LogP contribution in [0.15, 0.2) is 48.6 Å². The van der Waals surface area contributed by atoms with Crippen molar-refractivity contribution in [3.63, 3.8) is 0 Å². The molecular weight excluding hydrogens is 540 g/mol. The zero-order valence-electron chi connectivity index (χ0n) is 25.0. The SMILES string of the molecule is C=C1[C@@H](OC(=O)C=Cc2ccccc2)C[C@H](O)[C@@]2(C)[C@@H](O)[C@H](OC(C)=O)[C@@]34[C@@H](C)C(=O)C[C@H]([C@@H](OC(C)=O)[C@]123)C4(C)C. The van der Waals surface area contributed by atoms with Gasteiger partial charge in [-0.05, 0) is 22.6 Å². The first kappa shape index (κ1) is 30.2. The Morgan fingerprint density at radius 3 is 2.17 bits per heavy atom. The zero-order chi connectivity index (χ0) is 31.0. The van der Waals surface area contributed by atoms with Gasteiger partial charge in [-0.25, -0.2) is 4.79 Å². The number of hydrogen-bond donors (Lipinski definition) is 2. The summed E-state index contributed by atoms with van der Waals surface area (Å²) < 4.78 is 18.0. The molecule has 0 saturated heterocycles. The molecular formula is C33H40O9. The quantitative estimate of drug-likeness (QED) is 0.232. The number of benzene rings is 1. The van der Waals surface area contributed by atoms with Crippen molar-refractivity contribution < 1.29 is 43.6 Å². The van der Waals surface area contributed by atoms with Gasteiger partial charge in [-0.15, -0.1) is 0 Å². The van der Waals surface area contributed by atoms with Crippen LogP contribution in [0.2, 0.25) is 0 Å². The first-order valence-corrected chi connectivity index (χ1v) is 14.5. The Morgan fingerprint density at radius 1 is 0.976 bits per heavy atom.